The van der Waals surface area contributed by atoms with Crippen LogP contribution in [0.25, 0.3) is 10.2 Å². The number of allylic oxidation sites excluding steroid dienone is 1. The zero-order chi connectivity index (χ0) is 32.7. The zero-order valence-corrected chi connectivity index (χ0v) is 25.6. The predicted molar refractivity (Wildman–Crippen MR) is 167 cm³/mol. The molecule has 0 bridgehead atoms. The third kappa shape index (κ3) is 5.80. The molecule has 0 aliphatic carbocycles. The quantitative estimate of drug-likeness (QED) is 0.0610. The SMILES string of the molecule is Nc1nc(/C(=N/OC(C(=O)O)c2ccc(O)c(O)c2)C(=O)NC2C(=O)N3C(C(=O)O)=C(Cc4cnc5sccc5c4)SCC23)cs1. The number of oxime groups is 1. The van der Waals surface area contributed by atoms with E-state index in [2.05, 4.69) is 20.4 Å². The van der Waals surface area contributed by atoms with Gasteiger partial charge in [-0.15, -0.1) is 34.4 Å². The van der Waals surface area contributed by atoms with Crippen molar-refractivity contribution < 1.29 is 44.4 Å². The van der Waals surface area contributed by atoms with Crippen molar-refractivity contribution in [2.45, 2.75) is 24.6 Å². The van der Waals surface area contributed by atoms with Crippen molar-refractivity contribution in [1.29, 1.82) is 0 Å². The van der Waals surface area contributed by atoms with Gasteiger partial charge in [-0.2, -0.15) is 0 Å². The largest absolute Gasteiger partial charge is 0.504 e. The number of nitrogens with zero attached hydrogens (tertiary/aromatic N) is 4. The van der Waals surface area contributed by atoms with Gasteiger partial charge >= 0.3 is 11.9 Å². The number of thiophene rings is 1. The van der Waals surface area contributed by atoms with E-state index in [-0.39, 0.29) is 34.3 Å². The van der Waals surface area contributed by atoms with Gasteiger partial charge in [0, 0.05) is 39.6 Å². The van der Waals surface area contributed by atoms with Crippen LogP contribution in [0.2, 0.25) is 0 Å². The lowest BCUT2D eigenvalue weighted by Gasteiger charge is -2.49. The second-order valence-electron chi connectivity index (χ2n) is 10.0. The van der Waals surface area contributed by atoms with Crippen molar-refractivity contribution >= 4 is 79.2 Å². The highest BCUT2D eigenvalue weighted by Gasteiger charge is 2.54. The number of aromatic hydroxyl groups is 2. The van der Waals surface area contributed by atoms with E-state index >= 15 is 0 Å². The van der Waals surface area contributed by atoms with Gasteiger partial charge in [-0.1, -0.05) is 11.2 Å². The summed E-state index contributed by atoms with van der Waals surface area (Å²) in [5.74, 6) is -5.21. The molecule has 3 aromatic heterocycles. The summed E-state index contributed by atoms with van der Waals surface area (Å²) in [6.07, 6.45) is 0.117. The molecule has 0 spiro atoms. The Morgan fingerprint density at radius 2 is 1.96 bits per heavy atom. The van der Waals surface area contributed by atoms with Gasteiger partial charge in [0.25, 0.3) is 11.8 Å². The summed E-state index contributed by atoms with van der Waals surface area (Å²) in [5, 5.41) is 49.7. The molecule has 4 aromatic rings. The molecule has 6 rings (SSSR count). The number of aliphatic carboxylic acids is 2. The fraction of sp³-hybridized carbons (Fsp3) is 0.179. The van der Waals surface area contributed by atoms with Crippen LogP contribution in [-0.2, 0) is 30.4 Å². The Bertz CT molecular complexity index is 1970. The third-order valence-electron chi connectivity index (χ3n) is 7.13. The second-order valence-corrected chi connectivity index (χ2v) is 12.9. The average Bonchev–Trinajstić information content (AvgIpc) is 3.67. The van der Waals surface area contributed by atoms with Gasteiger partial charge in [0.05, 0.1) is 6.04 Å². The molecule has 1 saturated heterocycles. The average molecular weight is 683 g/mol. The number of nitrogens with one attached hydrogen (secondary N) is 1. The van der Waals surface area contributed by atoms with Crippen molar-refractivity contribution in [1.82, 2.24) is 20.2 Å². The standard InChI is InChI=1S/C28H22N6O9S3/c29-28-31-14(9-46-28)19(33-43-22(27(41)42)12-1-2-16(35)17(36)7-12)23(37)32-20-15-10-45-18(21(26(39)40)34(15)25(20)38)6-11-5-13-3-4-44-24(13)30-8-11/h1-5,7-9,15,20,22,35-36H,6,10H2,(H2,29,31)(H,32,37)(H,39,40)(H,41,42)/b33-19-. The molecule has 5 heterocycles. The number of rotatable bonds is 10. The molecule has 7 N–H and O–H groups in total. The number of β-lactam (4-membered cyclic amide) rings is 1. The lowest BCUT2D eigenvalue weighted by Crippen LogP contribution is -2.73. The Hall–Kier alpha value is -5.20. The van der Waals surface area contributed by atoms with Gasteiger partial charge in [-0.05, 0) is 35.2 Å². The Balaban J connectivity index is 1.23. The number of nitrogens with two attached hydrogens (primary N) is 1. The Morgan fingerprint density at radius 3 is 2.65 bits per heavy atom. The second kappa shape index (κ2) is 12.3. The Morgan fingerprint density at radius 1 is 1.15 bits per heavy atom. The smallest absolute Gasteiger partial charge is 0.353 e. The minimum atomic E-state index is -1.81. The van der Waals surface area contributed by atoms with Crippen LogP contribution < -0.4 is 11.1 Å². The van der Waals surface area contributed by atoms with Crippen molar-refractivity contribution in [3.63, 3.8) is 0 Å². The number of nitrogen functional groups attached to an aromatic ring is 1. The maximum Gasteiger partial charge on any atom is 0.353 e. The van der Waals surface area contributed by atoms with Crippen LogP contribution in [0, 0.1) is 0 Å². The Kier molecular flexibility index (Phi) is 8.24. The summed E-state index contributed by atoms with van der Waals surface area (Å²) in [6.45, 7) is 0. The number of benzene rings is 1. The monoisotopic (exact) mass is 682 g/mol. The number of phenolic OH excluding ortho intramolecular Hbond substituents is 2. The van der Waals surface area contributed by atoms with E-state index in [9.17, 15) is 39.6 Å². The van der Waals surface area contributed by atoms with Crippen molar-refractivity contribution in [2.24, 2.45) is 5.16 Å². The number of carbonyl (C=O) groups excluding carboxylic acids is 2. The first-order chi connectivity index (χ1) is 22.0. The van der Waals surface area contributed by atoms with Crippen LogP contribution in [0.15, 0.2) is 63.0 Å². The molecule has 3 unspecified atom stereocenters. The molecule has 0 saturated carbocycles. The summed E-state index contributed by atoms with van der Waals surface area (Å²) < 4.78 is 0. The molecule has 2 amide bonds. The maximum atomic E-state index is 13.5. The van der Waals surface area contributed by atoms with Crippen LogP contribution in [-0.4, -0.2) is 82.6 Å². The number of hydrogen-bond acceptors (Lipinski definition) is 14. The number of thiazole rings is 1. The molecule has 2 aliphatic rings. The summed E-state index contributed by atoms with van der Waals surface area (Å²) in [5.41, 5.74) is 5.69. The van der Waals surface area contributed by atoms with Crippen LogP contribution in [0.4, 0.5) is 5.13 Å². The molecule has 15 nitrogen and oxygen atoms in total. The lowest BCUT2D eigenvalue weighted by molar-refractivity contribution is -0.153. The molecule has 1 fully saturated rings. The fourth-order valence-corrected chi connectivity index (χ4v) is 7.52. The van der Waals surface area contributed by atoms with E-state index < -0.39 is 59.2 Å². The summed E-state index contributed by atoms with van der Waals surface area (Å²) >= 11 is 3.73. The molecular formula is C28H22N6O9S3. The van der Waals surface area contributed by atoms with Crippen LogP contribution in [0.1, 0.15) is 22.9 Å². The zero-order valence-electron chi connectivity index (χ0n) is 23.2. The molecule has 3 atom stereocenters. The van der Waals surface area contributed by atoms with Crippen LogP contribution >= 0.6 is 34.4 Å². The third-order valence-corrected chi connectivity index (χ3v) is 9.83. The topological polar surface area (TPSA) is 238 Å². The number of aromatic nitrogens is 2. The number of thioether (sulfide) groups is 1. The maximum absolute atomic E-state index is 13.5. The number of anilines is 1. The van der Waals surface area contributed by atoms with Crippen LogP contribution in [0.3, 0.4) is 0 Å². The van der Waals surface area contributed by atoms with Gasteiger partial charge in [0.2, 0.25) is 6.10 Å². The van der Waals surface area contributed by atoms with Gasteiger partial charge in [0.1, 0.15) is 22.3 Å². The highest BCUT2D eigenvalue weighted by Crippen LogP contribution is 2.40. The number of fused-ring (bicyclic) bond motifs is 2. The predicted octanol–water partition coefficient (Wildman–Crippen LogP) is 2.27. The van der Waals surface area contributed by atoms with Gasteiger partial charge < -0.3 is 36.3 Å². The summed E-state index contributed by atoms with van der Waals surface area (Å²) in [6, 6.07) is 5.24. The highest BCUT2D eigenvalue weighted by molar-refractivity contribution is 8.03. The molecule has 46 heavy (non-hydrogen) atoms. The van der Waals surface area contributed by atoms with Gasteiger partial charge in [-0.3, -0.25) is 14.5 Å². The molecular weight excluding hydrogens is 661 g/mol. The Labute approximate surface area is 270 Å². The van der Waals surface area contributed by atoms with Crippen LogP contribution in [0.5, 0.6) is 11.5 Å². The molecule has 236 valence electrons. The van der Waals surface area contributed by atoms with E-state index in [1.165, 1.54) is 34.5 Å². The number of carboxylic acids is 2. The molecule has 1 aromatic carbocycles. The minimum Gasteiger partial charge on any atom is -0.504 e. The van der Waals surface area contributed by atoms with E-state index in [1.807, 2.05) is 17.5 Å². The number of pyridine rings is 1. The fourth-order valence-electron chi connectivity index (χ4n) is 4.95. The van der Waals surface area contributed by atoms with E-state index in [0.29, 0.717) is 4.91 Å². The van der Waals surface area contributed by atoms with Crippen molar-refractivity contribution in [2.75, 3.05) is 11.5 Å². The van der Waals surface area contributed by atoms with Crippen molar-refractivity contribution in [3.05, 3.63) is 74.7 Å². The van der Waals surface area contributed by atoms with Crippen molar-refractivity contribution in [3.8, 4) is 11.5 Å². The summed E-state index contributed by atoms with van der Waals surface area (Å²) in [4.78, 5) is 67.2. The molecule has 18 heteroatoms. The first-order valence-corrected chi connectivity index (χ1v) is 16.0. The number of phenols is 2. The number of carbonyl (C=O) groups is 4. The number of carboxylic acid groups (broad SMARTS) is 2. The minimum absolute atomic E-state index is 0.0658. The number of hydrogen-bond donors (Lipinski definition) is 6. The van der Waals surface area contributed by atoms with E-state index in [4.69, 9.17) is 10.6 Å². The van der Waals surface area contributed by atoms with E-state index in [1.54, 1.807) is 6.20 Å². The summed E-state index contributed by atoms with van der Waals surface area (Å²) in [7, 11) is 0. The van der Waals surface area contributed by atoms with Gasteiger partial charge in [-0.25, -0.2) is 19.6 Å². The first kappa shape index (κ1) is 30.8. The molecule has 0 radical (unpaired) electrons. The highest BCUT2D eigenvalue weighted by atomic mass is 32.2. The van der Waals surface area contributed by atoms with Gasteiger partial charge in [0.15, 0.2) is 22.3 Å². The normalized spacial score (nSPS) is 18.6. The first-order valence-electron chi connectivity index (χ1n) is 13.3. The lowest BCUT2D eigenvalue weighted by atomic mass is 9.94. The number of amides is 2. The molecule has 2 aliphatic heterocycles. The van der Waals surface area contributed by atoms with E-state index in [0.717, 1.165) is 44.1 Å².